The highest BCUT2D eigenvalue weighted by molar-refractivity contribution is 5.79. The third-order valence-electron chi connectivity index (χ3n) is 6.44. The van der Waals surface area contributed by atoms with Crippen LogP contribution >= 0.6 is 0 Å². The summed E-state index contributed by atoms with van der Waals surface area (Å²) < 4.78 is 14.3. The SMILES string of the molecule is N#CCCCOc1cc(CNc2nc3ccccc3n2[C@H]2CC[C@@H](CO)O2)ccc1-c1ccccc1. The summed E-state index contributed by atoms with van der Waals surface area (Å²) in [4.78, 5) is 4.83. The molecule has 2 heterocycles. The number of anilines is 1. The summed E-state index contributed by atoms with van der Waals surface area (Å²) >= 11 is 0. The van der Waals surface area contributed by atoms with E-state index in [2.05, 4.69) is 46.3 Å². The van der Waals surface area contributed by atoms with Gasteiger partial charge in [-0.3, -0.25) is 4.57 Å². The van der Waals surface area contributed by atoms with Crippen molar-refractivity contribution < 1.29 is 14.6 Å². The zero-order chi connectivity index (χ0) is 24.7. The number of fused-ring (bicyclic) bond motifs is 1. The Morgan fingerprint density at radius 3 is 2.72 bits per heavy atom. The standard InChI is InChI=1S/C29H30N4O3/c30-16-6-7-17-35-27-18-21(12-14-24(27)22-8-2-1-3-9-22)19-31-29-32-25-10-4-5-11-26(25)33(29)28-15-13-23(20-34)36-28/h1-5,8-12,14,18,23,28,34H,6-7,13,15,17,19-20H2,(H,31,32)/t23-,28+/m0/s1. The quantitative estimate of drug-likeness (QED) is 0.283. The van der Waals surface area contributed by atoms with E-state index in [0.29, 0.717) is 26.0 Å². The van der Waals surface area contributed by atoms with Gasteiger partial charge in [-0.05, 0) is 48.6 Å². The molecule has 3 aromatic carbocycles. The number of nitrogens with zero attached hydrogens (tertiary/aromatic N) is 3. The van der Waals surface area contributed by atoms with Gasteiger partial charge in [0.25, 0.3) is 0 Å². The van der Waals surface area contributed by atoms with E-state index in [-0.39, 0.29) is 18.9 Å². The van der Waals surface area contributed by atoms with Gasteiger partial charge in [0.2, 0.25) is 5.95 Å². The third-order valence-corrected chi connectivity index (χ3v) is 6.44. The van der Waals surface area contributed by atoms with Crippen molar-refractivity contribution in [3.8, 4) is 22.9 Å². The molecular weight excluding hydrogens is 452 g/mol. The van der Waals surface area contributed by atoms with Crippen molar-refractivity contribution in [3.63, 3.8) is 0 Å². The molecule has 0 aliphatic carbocycles. The molecule has 0 amide bonds. The number of para-hydroxylation sites is 2. The topological polar surface area (TPSA) is 92.3 Å². The lowest BCUT2D eigenvalue weighted by molar-refractivity contribution is -0.0195. The van der Waals surface area contributed by atoms with Crippen LogP contribution in [0.2, 0.25) is 0 Å². The van der Waals surface area contributed by atoms with E-state index in [9.17, 15) is 5.11 Å². The second-order valence-electron chi connectivity index (χ2n) is 8.93. The number of nitrogens with one attached hydrogen (secondary N) is 1. The first-order valence-electron chi connectivity index (χ1n) is 12.4. The number of benzene rings is 3. The van der Waals surface area contributed by atoms with Crippen LogP contribution in [0.25, 0.3) is 22.2 Å². The van der Waals surface area contributed by atoms with Gasteiger partial charge in [0.05, 0.1) is 36.4 Å². The van der Waals surface area contributed by atoms with Crippen LogP contribution in [0, 0.1) is 11.3 Å². The number of aliphatic hydroxyl groups is 1. The van der Waals surface area contributed by atoms with Crippen molar-refractivity contribution in [1.82, 2.24) is 9.55 Å². The molecule has 184 valence electrons. The molecule has 1 aliphatic heterocycles. The molecule has 1 aliphatic rings. The van der Waals surface area contributed by atoms with Crippen LogP contribution in [0.4, 0.5) is 5.95 Å². The lowest BCUT2D eigenvalue weighted by Crippen LogP contribution is -2.16. The summed E-state index contributed by atoms with van der Waals surface area (Å²) in [6, 6.07) is 26.6. The lowest BCUT2D eigenvalue weighted by Gasteiger charge is -2.18. The minimum Gasteiger partial charge on any atom is -0.493 e. The Balaban J connectivity index is 1.39. The Morgan fingerprint density at radius 1 is 1.08 bits per heavy atom. The van der Waals surface area contributed by atoms with Crippen LogP contribution in [0.15, 0.2) is 72.8 Å². The predicted molar refractivity (Wildman–Crippen MR) is 140 cm³/mol. The molecule has 1 saturated heterocycles. The molecule has 7 nitrogen and oxygen atoms in total. The molecule has 2 N–H and O–H groups in total. The average Bonchev–Trinajstić information content (AvgIpc) is 3.54. The molecule has 0 spiro atoms. The fourth-order valence-electron chi connectivity index (χ4n) is 4.64. The summed E-state index contributed by atoms with van der Waals surface area (Å²) in [7, 11) is 0. The molecule has 1 aromatic heterocycles. The molecule has 4 aromatic rings. The summed E-state index contributed by atoms with van der Waals surface area (Å²) in [5.74, 6) is 1.54. The summed E-state index contributed by atoms with van der Waals surface area (Å²) in [5.41, 5.74) is 5.08. The third kappa shape index (κ3) is 5.20. The number of rotatable bonds is 10. The number of hydrogen-bond acceptors (Lipinski definition) is 6. The van der Waals surface area contributed by atoms with Gasteiger partial charge in [-0.2, -0.15) is 5.26 Å². The highest BCUT2D eigenvalue weighted by atomic mass is 16.5. The Hall–Kier alpha value is -3.86. The van der Waals surface area contributed by atoms with Gasteiger partial charge in [-0.25, -0.2) is 4.98 Å². The number of aliphatic hydroxyl groups excluding tert-OH is 1. The number of unbranched alkanes of at least 4 members (excludes halogenated alkanes) is 1. The Bertz CT molecular complexity index is 1350. The maximum Gasteiger partial charge on any atom is 0.206 e. The zero-order valence-corrected chi connectivity index (χ0v) is 20.1. The summed E-state index contributed by atoms with van der Waals surface area (Å²) in [6.07, 6.45) is 2.49. The number of nitriles is 1. The minimum absolute atomic E-state index is 0.0246. The smallest absolute Gasteiger partial charge is 0.206 e. The molecule has 0 bridgehead atoms. The second kappa shape index (κ2) is 11.3. The van der Waals surface area contributed by atoms with Crippen LogP contribution in [-0.2, 0) is 11.3 Å². The molecule has 1 fully saturated rings. The maximum atomic E-state index is 9.54. The van der Waals surface area contributed by atoms with E-state index in [1.165, 1.54) is 0 Å². The zero-order valence-electron chi connectivity index (χ0n) is 20.1. The largest absolute Gasteiger partial charge is 0.493 e. The van der Waals surface area contributed by atoms with Crippen molar-refractivity contribution in [3.05, 3.63) is 78.4 Å². The molecule has 0 saturated carbocycles. The molecule has 7 heteroatoms. The van der Waals surface area contributed by atoms with E-state index in [1.807, 2.05) is 42.5 Å². The number of aromatic nitrogens is 2. The molecular formula is C29H30N4O3. The first-order valence-corrected chi connectivity index (χ1v) is 12.4. The van der Waals surface area contributed by atoms with Crippen LogP contribution in [0.1, 0.15) is 37.5 Å². The highest BCUT2D eigenvalue weighted by Crippen LogP contribution is 2.35. The fourth-order valence-corrected chi connectivity index (χ4v) is 4.64. The van der Waals surface area contributed by atoms with E-state index in [0.717, 1.165) is 52.3 Å². The molecule has 0 radical (unpaired) electrons. The van der Waals surface area contributed by atoms with Crippen molar-refractivity contribution in [2.45, 2.75) is 44.6 Å². The van der Waals surface area contributed by atoms with E-state index in [1.54, 1.807) is 0 Å². The van der Waals surface area contributed by atoms with Gasteiger partial charge in [-0.15, -0.1) is 0 Å². The molecule has 36 heavy (non-hydrogen) atoms. The lowest BCUT2D eigenvalue weighted by atomic mass is 10.0. The van der Waals surface area contributed by atoms with Crippen molar-refractivity contribution in [1.29, 1.82) is 5.26 Å². The Kier molecular flexibility index (Phi) is 7.46. The van der Waals surface area contributed by atoms with Gasteiger partial charge < -0.3 is 19.9 Å². The Labute approximate surface area is 210 Å². The van der Waals surface area contributed by atoms with Crippen LogP contribution < -0.4 is 10.1 Å². The number of imidazole rings is 1. The van der Waals surface area contributed by atoms with Crippen LogP contribution in [0.5, 0.6) is 5.75 Å². The van der Waals surface area contributed by atoms with Gasteiger partial charge in [0, 0.05) is 18.5 Å². The number of ether oxygens (including phenoxy) is 2. The van der Waals surface area contributed by atoms with Gasteiger partial charge in [-0.1, -0.05) is 54.6 Å². The van der Waals surface area contributed by atoms with Crippen molar-refractivity contribution in [2.75, 3.05) is 18.5 Å². The summed E-state index contributed by atoms with van der Waals surface area (Å²) in [5, 5.41) is 21.9. The van der Waals surface area contributed by atoms with Crippen molar-refractivity contribution >= 4 is 17.0 Å². The normalized spacial score (nSPS) is 17.2. The minimum atomic E-state index is -0.170. The first-order chi connectivity index (χ1) is 17.8. The van der Waals surface area contributed by atoms with Crippen LogP contribution in [-0.4, -0.2) is 34.0 Å². The van der Waals surface area contributed by atoms with Crippen LogP contribution in [0.3, 0.4) is 0 Å². The highest BCUT2D eigenvalue weighted by Gasteiger charge is 2.29. The molecule has 0 unspecified atom stereocenters. The summed E-state index contributed by atoms with van der Waals surface area (Å²) in [6.45, 7) is 1.07. The van der Waals surface area contributed by atoms with Crippen molar-refractivity contribution in [2.24, 2.45) is 0 Å². The molecule has 2 atom stereocenters. The Morgan fingerprint density at radius 2 is 1.92 bits per heavy atom. The maximum absolute atomic E-state index is 9.54. The average molecular weight is 483 g/mol. The monoisotopic (exact) mass is 482 g/mol. The van der Waals surface area contributed by atoms with Gasteiger partial charge >= 0.3 is 0 Å². The second-order valence-corrected chi connectivity index (χ2v) is 8.93. The van der Waals surface area contributed by atoms with Gasteiger partial charge in [0.15, 0.2) is 0 Å². The van der Waals surface area contributed by atoms with E-state index < -0.39 is 0 Å². The van der Waals surface area contributed by atoms with E-state index >= 15 is 0 Å². The number of hydrogen-bond donors (Lipinski definition) is 2. The first kappa shape index (κ1) is 23.9. The van der Waals surface area contributed by atoms with E-state index in [4.69, 9.17) is 19.7 Å². The fraction of sp³-hybridized carbons (Fsp3) is 0.310. The molecule has 5 rings (SSSR count). The predicted octanol–water partition coefficient (Wildman–Crippen LogP) is 5.67. The van der Waals surface area contributed by atoms with Gasteiger partial charge in [0.1, 0.15) is 12.0 Å².